The maximum absolute atomic E-state index is 12.4. The van der Waals surface area contributed by atoms with E-state index in [0.717, 1.165) is 23.5 Å². The molecule has 0 unspecified atom stereocenters. The molecule has 0 aliphatic rings. The lowest BCUT2D eigenvalue weighted by atomic mass is 10.1. The molecule has 4 aromatic rings. The molecule has 0 fully saturated rings. The number of benzene rings is 1. The van der Waals surface area contributed by atoms with Gasteiger partial charge < -0.3 is 9.88 Å². The summed E-state index contributed by atoms with van der Waals surface area (Å²) in [5.41, 5.74) is 3.90. The van der Waals surface area contributed by atoms with Crippen LogP contribution in [-0.2, 0) is 13.1 Å². The first kappa shape index (κ1) is 16.9. The Kier molecular flexibility index (Phi) is 4.37. The van der Waals surface area contributed by atoms with E-state index in [1.165, 1.54) is 5.56 Å². The molecule has 0 spiro atoms. The van der Waals surface area contributed by atoms with Crippen LogP contribution in [0, 0.1) is 13.8 Å². The molecule has 0 atom stereocenters. The van der Waals surface area contributed by atoms with E-state index in [0.29, 0.717) is 12.3 Å². The molecule has 27 heavy (non-hydrogen) atoms. The summed E-state index contributed by atoms with van der Waals surface area (Å²) in [6.45, 7) is 4.97. The van der Waals surface area contributed by atoms with Crippen molar-refractivity contribution in [2.24, 2.45) is 0 Å². The normalized spacial score (nSPS) is 11.0. The number of aryl methyl sites for hydroxylation is 2. The summed E-state index contributed by atoms with van der Waals surface area (Å²) in [5.74, 6) is 0.231. The van der Waals surface area contributed by atoms with Gasteiger partial charge in [0, 0.05) is 36.9 Å². The van der Waals surface area contributed by atoms with Crippen LogP contribution >= 0.6 is 0 Å². The minimum absolute atomic E-state index is 0.118. The van der Waals surface area contributed by atoms with Crippen LogP contribution in [0.4, 0.5) is 0 Å². The number of hydrogen-bond donors (Lipinski definition) is 1. The lowest BCUT2D eigenvalue weighted by Crippen LogP contribution is -2.24. The summed E-state index contributed by atoms with van der Waals surface area (Å²) in [6, 6.07) is 9.98. The summed E-state index contributed by atoms with van der Waals surface area (Å²) in [5, 5.41) is 7.10. The summed E-state index contributed by atoms with van der Waals surface area (Å²) in [4.78, 5) is 24.9. The number of nitrogens with one attached hydrogen (secondary N) is 1. The number of nitrogens with zero attached hydrogens (tertiary/aromatic N) is 6. The molecule has 0 radical (unpaired) electrons. The Balaban J connectivity index is 1.41. The number of aromatic nitrogens is 6. The second-order valence-electron chi connectivity index (χ2n) is 6.42. The molecular weight excluding hydrogens is 342 g/mol. The molecule has 8 heteroatoms. The third-order valence-corrected chi connectivity index (χ3v) is 4.22. The smallest absolute Gasteiger partial charge is 0.291 e. The van der Waals surface area contributed by atoms with Crippen molar-refractivity contribution < 1.29 is 4.79 Å². The highest BCUT2D eigenvalue weighted by atomic mass is 16.2. The molecule has 4 rings (SSSR count). The van der Waals surface area contributed by atoms with E-state index in [-0.39, 0.29) is 11.7 Å². The molecule has 0 saturated carbocycles. The molecule has 0 saturated heterocycles. The van der Waals surface area contributed by atoms with Crippen LogP contribution in [0.2, 0.25) is 0 Å². The van der Waals surface area contributed by atoms with E-state index >= 15 is 0 Å². The van der Waals surface area contributed by atoms with Gasteiger partial charge in [-0.15, -0.1) is 5.10 Å². The Morgan fingerprint density at radius 1 is 1.11 bits per heavy atom. The fraction of sp³-hybridized carbons (Fsp3) is 0.211. The van der Waals surface area contributed by atoms with Gasteiger partial charge >= 0.3 is 0 Å². The number of rotatable bonds is 5. The van der Waals surface area contributed by atoms with Gasteiger partial charge in [-0.3, -0.25) is 4.79 Å². The van der Waals surface area contributed by atoms with Gasteiger partial charge in [-0.1, -0.05) is 24.3 Å². The second-order valence-corrected chi connectivity index (χ2v) is 6.42. The van der Waals surface area contributed by atoms with Crippen LogP contribution in [0.15, 0.2) is 49.1 Å². The Labute approximate surface area is 155 Å². The SMILES string of the molecule is Cc1cc(C)n2nc(C(=O)NCc3ccc(Cn4ccnc4)cc3)nc2n1. The maximum atomic E-state index is 12.4. The highest BCUT2D eigenvalue weighted by molar-refractivity contribution is 5.90. The predicted octanol–water partition coefficient (Wildman–Crippen LogP) is 1.92. The molecule has 1 aromatic carbocycles. The van der Waals surface area contributed by atoms with Gasteiger partial charge in [0.15, 0.2) is 0 Å². The van der Waals surface area contributed by atoms with Gasteiger partial charge in [-0.2, -0.15) is 4.98 Å². The average Bonchev–Trinajstić information content (AvgIpc) is 3.30. The number of amides is 1. The Hall–Kier alpha value is -3.55. The fourth-order valence-corrected chi connectivity index (χ4v) is 2.88. The van der Waals surface area contributed by atoms with Gasteiger partial charge in [0.1, 0.15) is 0 Å². The van der Waals surface area contributed by atoms with Gasteiger partial charge in [0.2, 0.25) is 5.82 Å². The zero-order chi connectivity index (χ0) is 18.8. The second kappa shape index (κ2) is 6.99. The first-order valence-corrected chi connectivity index (χ1v) is 8.61. The van der Waals surface area contributed by atoms with E-state index in [1.807, 2.05) is 54.9 Å². The number of carbonyl (C=O) groups is 1. The quantitative estimate of drug-likeness (QED) is 0.586. The Morgan fingerprint density at radius 3 is 2.63 bits per heavy atom. The maximum Gasteiger partial charge on any atom is 0.291 e. The summed E-state index contributed by atoms with van der Waals surface area (Å²) in [6.07, 6.45) is 5.47. The molecule has 1 N–H and O–H groups in total. The molecule has 0 aliphatic heterocycles. The van der Waals surface area contributed by atoms with E-state index in [9.17, 15) is 4.79 Å². The Bertz CT molecular complexity index is 1080. The number of hydrogen-bond acceptors (Lipinski definition) is 5. The largest absolute Gasteiger partial charge is 0.345 e. The number of imidazole rings is 1. The third-order valence-electron chi connectivity index (χ3n) is 4.22. The van der Waals surface area contributed by atoms with Gasteiger partial charge in [-0.05, 0) is 31.0 Å². The van der Waals surface area contributed by atoms with Crippen molar-refractivity contribution in [1.82, 2.24) is 34.4 Å². The molecule has 3 aromatic heterocycles. The molecule has 3 heterocycles. The third kappa shape index (κ3) is 3.69. The van der Waals surface area contributed by atoms with Crippen molar-refractivity contribution in [3.8, 4) is 0 Å². The van der Waals surface area contributed by atoms with Gasteiger partial charge in [0.25, 0.3) is 11.7 Å². The molecule has 136 valence electrons. The van der Waals surface area contributed by atoms with E-state index in [1.54, 1.807) is 17.0 Å². The van der Waals surface area contributed by atoms with Crippen LogP contribution in [0.25, 0.3) is 5.78 Å². The minimum Gasteiger partial charge on any atom is -0.345 e. The standard InChI is InChI=1S/C19H19N7O/c1-13-9-14(2)26-19(22-13)23-17(24-26)18(27)21-10-15-3-5-16(6-4-15)11-25-8-7-20-12-25/h3-9,12H,10-11H2,1-2H3,(H,21,27). The molecule has 1 amide bonds. The van der Waals surface area contributed by atoms with Crippen LogP contribution in [0.1, 0.15) is 33.1 Å². The molecule has 8 nitrogen and oxygen atoms in total. The van der Waals surface area contributed by atoms with E-state index in [4.69, 9.17) is 0 Å². The monoisotopic (exact) mass is 361 g/mol. The van der Waals surface area contributed by atoms with Crippen molar-refractivity contribution in [1.29, 1.82) is 0 Å². The molecule has 0 bridgehead atoms. The Morgan fingerprint density at radius 2 is 1.89 bits per heavy atom. The van der Waals surface area contributed by atoms with Crippen LogP contribution < -0.4 is 5.32 Å². The first-order chi connectivity index (χ1) is 13.1. The van der Waals surface area contributed by atoms with Crippen molar-refractivity contribution in [3.63, 3.8) is 0 Å². The summed E-state index contributed by atoms with van der Waals surface area (Å²) >= 11 is 0. The van der Waals surface area contributed by atoms with Crippen molar-refractivity contribution in [3.05, 3.63) is 77.4 Å². The first-order valence-electron chi connectivity index (χ1n) is 8.61. The van der Waals surface area contributed by atoms with Gasteiger partial charge in [0.05, 0.1) is 6.33 Å². The predicted molar refractivity (Wildman–Crippen MR) is 99.2 cm³/mol. The summed E-state index contributed by atoms with van der Waals surface area (Å²) in [7, 11) is 0. The van der Waals surface area contributed by atoms with Crippen LogP contribution in [0.5, 0.6) is 0 Å². The van der Waals surface area contributed by atoms with E-state index in [2.05, 4.69) is 25.4 Å². The summed E-state index contributed by atoms with van der Waals surface area (Å²) < 4.78 is 3.58. The van der Waals surface area contributed by atoms with E-state index < -0.39 is 0 Å². The molecular formula is C19H19N7O. The topological polar surface area (TPSA) is 90.0 Å². The highest BCUT2D eigenvalue weighted by Crippen LogP contribution is 2.08. The van der Waals surface area contributed by atoms with Crippen LogP contribution in [0.3, 0.4) is 0 Å². The number of fused-ring (bicyclic) bond motifs is 1. The zero-order valence-corrected chi connectivity index (χ0v) is 15.1. The number of carbonyl (C=O) groups excluding carboxylic acids is 1. The minimum atomic E-state index is -0.319. The molecule has 0 aliphatic carbocycles. The lowest BCUT2D eigenvalue weighted by molar-refractivity contribution is 0.0940. The van der Waals surface area contributed by atoms with Gasteiger partial charge in [-0.25, -0.2) is 14.5 Å². The zero-order valence-electron chi connectivity index (χ0n) is 15.1. The highest BCUT2D eigenvalue weighted by Gasteiger charge is 2.14. The van der Waals surface area contributed by atoms with Crippen molar-refractivity contribution in [2.45, 2.75) is 26.9 Å². The average molecular weight is 361 g/mol. The van der Waals surface area contributed by atoms with Crippen molar-refractivity contribution >= 4 is 11.7 Å². The van der Waals surface area contributed by atoms with Crippen molar-refractivity contribution in [2.75, 3.05) is 0 Å². The fourth-order valence-electron chi connectivity index (χ4n) is 2.88. The lowest BCUT2D eigenvalue weighted by Gasteiger charge is -2.06. The van der Waals surface area contributed by atoms with Crippen LogP contribution in [-0.4, -0.2) is 35.0 Å².